The first-order valence-corrected chi connectivity index (χ1v) is 9.51. The second-order valence-corrected chi connectivity index (χ2v) is 7.03. The van der Waals surface area contributed by atoms with E-state index in [-0.39, 0.29) is 30.5 Å². The van der Waals surface area contributed by atoms with E-state index in [4.69, 9.17) is 9.47 Å². The summed E-state index contributed by atoms with van der Waals surface area (Å²) in [6, 6.07) is 11.0. The van der Waals surface area contributed by atoms with Crippen molar-refractivity contribution in [2.24, 2.45) is 0 Å². The fraction of sp³-hybridized carbons (Fsp3) is 0.273. The van der Waals surface area contributed by atoms with Gasteiger partial charge in [-0.15, -0.1) is 0 Å². The lowest BCUT2D eigenvalue weighted by atomic mass is 10.0. The van der Waals surface area contributed by atoms with Crippen LogP contribution in [0.15, 0.2) is 48.5 Å². The van der Waals surface area contributed by atoms with E-state index < -0.39 is 0 Å². The molecule has 2 aromatic carbocycles. The maximum Gasteiger partial charge on any atom is 0.251 e. The molecule has 0 aliphatic carbocycles. The molecule has 0 atom stereocenters. The minimum atomic E-state index is -0.373. The van der Waals surface area contributed by atoms with Gasteiger partial charge >= 0.3 is 0 Å². The molecule has 2 aromatic rings. The summed E-state index contributed by atoms with van der Waals surface area (Å²) in [5.41, 5.74) is 1.29. The van der Waals surface area contributed by atoms with Crippen molar-refractivity contribution in [3.8, 4) is 11.5 Å². The highest BCUT2D eigenvalue weighted by Gasteiger charge is 2.23. The van der Waals surface area contributed by atoms with Gasteiger partial charge in [0.2, 0.25) is 12.7 Å². The van der Waals surface area contributed by atoms with E-state index in [0.717, 1.165) is 5.56 Å². The number of hydrogen-bond donors (Lipinski definition) is 1. The maximum absolute atomic E-state index is 13.0. The minimum absolute atomic E-state index is 0.00515. The molecular formula is C22H21FN2O4. The largest absolute Gasteiger partial charge is 0.454 e. The smallest absolute Gasteiger partial charge is 0.251 e. The third kappa shape index (κ3) is 4.56. The molecule has 0 unspecified atom stereocenters. The number of hydrogen-bond acceptors (Lipinski definition) is 4. The Morgan fingerprint density at radius 2 is 1.76 bits per heavy atom. The number of halogens is 1. The number of piperidine rings is 1. The SMILES string of the molecule is O=C(NC1CCN(C(=O)/C=C/c2ccc3c(c2)OCO3)CC1)c1ccc(F)cc1. The predicted octanol–water partition coefficient (Wildman–Crippen LogP) is 2.99. The Labute approximate surface area is 167 Å². The second kappa shape index (κ2) is 8.34. The van der Waals surface area contributed by atoms with Crippen LogP contribution in [0.25, 0.3) is 6.08 Å². The van der Waals surface area contributed by atoms with Gasteiger partial charge in [-0.3, -0.25) is 9.59 Å². The molecule has 2 heterocycles. The number of rotatable bonds is 4. The van der Waals surface area contributed by atoms with Crippen LogP contribution < -0.4 is 14.8 Å². The number of carbonyl (C=O) groups is 2. The fourth-order valence-corrected chi connectivity index (χ4v) is 3.40. The lowest BCUT2D eigenvalue weighted by molar-refractivity contribution is -0.126. The Morgan fingerprint density at radius 3 is 2.52 bits per heavy atom. The van der Waals surface area contributed by atoms with Crippen molar-refractivity contribution < 1.29 is 23.5 Å². The summed E-state index contributed by atoms with van der Waals surface area (Å²) in [6.45, 7) is 1.35. The average Bonchev–Trinajstić information content (AvgIpc) is 3.21. The first-order chi connectivity index (χ1) is 14.1. The van der Waals surface area contributed by atoms with Gasteiger partial charge in [-0.25, -0.2) is 4.39 Å². The Morgan fingerprint density at radius 1 is 1.03 bits per heavy atom. The number of nitrogens with zero attached hydrogens (tertiary/aromatic N) is 1. The van der Waals surface area contributed by atoms with Gasteiger partial charge in [-0.05, 0) is 60.9 Å². The lowest BCUT2D eigenvalue weighted by Gasteiger charge is -2.31. The highest BCUT2D eigenvalue weighted by molar-refractivity contribution is 5.94. The van der Waals surface area contributed by atoms with Crippen molar-refractivity contribution in [3.05, 3.63) is 65.5 Å². The number of nitrogens with one attached hydrogen (secondary N) is 1. The predicted molar refractivity (Wildman–Crippen MR) is 105 cm³/mol. The number of fused-ring (bicyclic) bond motifs is 1. The van der Waals surface area contributed by atoms with Crippen LogP contribution in [0.3, 0.4) is 0 Å². The Kier molecular flexibility index (Phi) is 5.46. The van der Waals surface area contributed by atoms with Crippen LogP contribution in [0.5, 0.6) is 11.5 Å². The molecule has 1 saturated heterocycles. The van der Waals surface area contributed by atoms with Crippen molar-refractivity contribution >= 4 is 17.9 Å². The highest BCUT2D eigenvalue weighted by atomic mass is 19.1. The number of amides is 2. The molecule has 0 spiro atoms. The first kappa shape index (κ1) is 19.0. The average molecular weight is 396 g/mol. The van der Waals surface area contributed by atoms with Crippen molar-refractivity contribution in [1.29, 1.82) is 0 Å². The Balaban J connectivity index is 1.27. The van der Waals surface area contributed by atoms with Crippen molar-refractivity contribution in [2.45, 2.75) is 18.9 Å². The number of likely N-dealkylation sites (tertiary alicyclic amines) is 1. The summed E-state index contributed by atoms with van der Waals surface area (Å²) in [7, 11) is 0. The van der Waals surface area contributed by atoms with E-state index in [0.29, 0.717) is 43.0 Å². The van der Waals surface area contributed by atoms with Crippen LogP contribution >= 0.6 is 0 Å². The molecule has 2 amide bonds. The quantitative estimate of drug-likeness (QED) is 0.807. The van der Waals surface area contributed by atoms with E-state index in [1.165, 1.54) is 24.3 Å². The summed E-state index contributed by atoms with van der Waals surface area (Å²) in [5.74, 6) is 0.723. The number of benzene rings is 2. The fourth-order valence-electron chi connectivity index (χ4n) is 3.40. The summed E-state index contributed by atoms with van der Waals surface area (Å²) >= 11 is 0. The molecule has 7 heteroatoms. The molecule has 0 bridgehead atoms. The molecule has 6 nitrogen and oxygen atoms in total. The van der Waals surface area contributed by atoms with E-state index in [9.17, 15) is 14.0 Å². The summed E-state index contributed by atoms with van der Waals surface area (Å²) in [4.78, 5) is 26.5. The van der Waals surface area contributed by atoms with E-state index in [1.807, 2.05) is 18.2 Å². The Bertz CT molecular complexity index is 934. The molecule has 2 aliphatic rings. The zero-order valence-electron chi connectivity index (χ0n) is 15.8. The Hall–Kier alpha value is -3.35. The molecule has 29 heavy (non-hydrogen) atoms. The van der Waals surface area contributed by atoms with Gasteiger partial charge in [0.15, 0.2) is 11.5 Å². The monoisotopic (exact) mass is 396 g/mol. The van der Waals surface area contributed by atoms with E-state index >= 15 is 0 Å². The zero-order valence-corrected chi connectivity index (χ0v) is 15.8. The van der Waals surface area contributed by atoms with Gasteiger partial charge < -0.3 is 19.7 Å². The molecule has 0 radical (unpaired) electrons. The summed E-state index contributed by atoms with van der Waals surface area (Å²) in [6.07, 6.45) is 4.66. The van der Waals surface area contributed by atoms with Crippen LogP contribution in [0, 0.1) is 5.82 Å². The van der Waals surface area contributed by atoms with Crippen LogP contribution in [0.1, 0.15) is 28.8 Å². The lowest BCUT2D eigenvalue weighted by Crippen LogP contribution is -2.46. The van der Waals surface area contributed by atoms with Crippen LogP contribution in [-0.4, -0.2) is 42.6 Å². The molecular weight excluding hydrogens is 375 g/mol. The van der Waals surface area contributed by atoms with Crippen LogP contribution in [0.2, 0.25) is 0 Å². The van der Waals surface area contributed by atoms with Gasteiger partial charge in [0.1, 0.15) is 5.82 Å². The summed E-state index contributed by atoms with van der Waals surface area (Å²) < 4.78 is 23.6. The maximum atomic E-state index is 13.0. The highest BCUT2D eigenvalue weighted by Crippen LogP contribution is 2.32. The normalized spacial score (nSPS) is 16.2. The minimum Gasteiger partial charge on any atom is -0.454 e. The molecule has 2 aliphatic heterocycles. The molecule has 150 valence electrons. The van der Waals surface area contributed by atoms with Gasteiger partial charge in [0, 0.05) is 30.8 Å². The van der Waals surface area contributed by atoms with Gasteiger partial charge in [-0.2, -0.15) is 0 Å². The van der Waals surface area contributed by atoms with Crippen LogP contribution in [-0.2, 0) is 4.79 Å². The van der Waals surface area contributed by atoms with E-state index in [1.54, 1.807) is 17.1 Å². The molecule has 4 rings (SSSR count). The second-order valence-electron chi connectivity index (χ2n) is 7.03. The topological polar surface area (TPSA) is 67.9 Å². The standard InChI is InChI=1S/C22H21FN2O4/c23-17-5-3-16(4-6-17)22(27)24-18-9-11-25(12-10-18)21(26)8-2-15-1-7-19-20(13-15)29-14-28-19/h1-8,13,18H,9-12,14H2,(H,24,27)/b8-2+. The molecule has 0 saturated carbocycles. The zero-order chi connectivity index (χ0) is 20.2. The van der Waals surface area contributed by atoms with Gasteiger partial charge in [0.25, 0.3) is 5.91 Å². The number of carbonyl (C=O) groups excluding carboxylic acids is 2. The molecule has 0 aromatic heterocycles. The van der Waals surface area contributed by atoms with Crippen molar-refractivity contribution in [1.82, 2.24) is 10.2 Å². The first-order valence-electron chi connectivity index (χ1n) is 9.51. The number of ether oxygens (including phenoxy) is 2. The molecule has 1 N–H and O–H groups in total. The third-order valence-corrected chi connectivity index (χ3v) is 5.06. The summed E-state index contributed by atoms with van der Waals surface area (Å²) in [5, 5.41) is 2.95. The van der Waals surface area contributed by atoms with Crippen molar-refractivity contribution in [2.75, 3.05) is 19.9 Å². The molecule has 1 fully saturated rings. The van der Waals surface area contributed by atoms with Gasteiger partial charge in [0.05, 0.1) is 0 Å². The van der Waals surface area contributed by atoms with Gasteiger partial charge in [-0.1, -0.05) is 6.07 Å². The third-order valence-electron chi connectivity index (χ3n) is 5.06. The van der Waals surface area contributed by atoms with Crippen molar-refractivity contribution in [3.63, 3.8) is 0 Å². The van der Waals surface area contributed by atoms with Crippen LogP contribution in [0.4, 0.5) is 4.39 Å². The van der Waals surface area contributed by atoms with E-state index in [2.05, 4.69) is 5.32 Å².